The molecule has 0 radical (unpaired) electrons. The van der Waals surface area contributed by atoms with Gasteiger partial charge in [0.25, 0.3) is 0 Å². The van der Waals surface area contributed by atoms with Crippen LogP contribution in [0.2, 0.25) is 0 Å². The second-order valence-corrected chi connectivity index (χ2v) is 4.54. The van der Waals surface area contributed by atoms with Crippen molar-refractivity contribution in [3.05, 3.63) is 35.4 Å². The van der Waals surface area contributed by atoms with E-state index in [1.807, 2.05) is 6.92 Å². The van der Waals surface area contributed by atoms with Crippen molar-refractivity contribution in [2.24, 2.45) is 0 Å². The van der Waals surface area contributed by atoms with Gasteiger partial charge in [-0.1, -0.05) is 31.2 Å². The average Bonchev–Trinajstić information content (AvgIpc) is 2.74. The normalized spacial score (nSPS) is 22.1. The van der Waals surface area contributed by atoms with E-state index in [4.69, 9.17) is 9.47 Å². The topological polar surface area (TPSA) is 30.5 Å². The van der Waals surface area contributed by atoms with E-state index < -0.39 is 0 Å². The van der Waals surface area contributed by atoms with E-state index in [-0.39, 0.29) is 6.10 Å². The van der Waals surface area contributed by atoms with Gasteiger partial charge in [0.05, 0.1) is 25.4 Å². The molecule has 0 aromatic heterocycles. The number of hydrogen-bond acceptors (Lipinski definition) is 3. The molecule has 0 saturated carbocycles. The Morgan fingerprint density at radius 2 is 2.06 bits per heavy atom. The monoisotopic (exact) mass is 249 g/mol. The molecular weight excluding hydrogens is 226 g/mol. The summed E-state index contributed by atoms with van der Waals surface area (Å²) in [5, 5.41) is 3.53. The van der Waals surface area contributed by atoms with E-state index in [1.54, 1.807) is 0 Å². The van der Waals surface area contributed by atoms with Crippen LogP contribution in [0.25, 0.3) is 0 Å². The minimum atomic E-state index is 0.239. The molecule has 2 unspecified atom stereocenters. The number of benzene rings is 1. The minimum Gasteiger partial charge on any atom is -0.379 e. The fraction of sp³-hybridized carbons (Fsp3) is 0.600. The van der Waals surface area contributed by atoms with Gasteiger partial charge < -0.3 is 14.8 Å². The lowest BCUT2D eigenvalue weighted by atomic mass is 10.1. The van der Waals surface area contributed by atoms with E-state index >= 15 is 0 Å². The Kier molecular flexibility index (Phi) is 5.17. The van der Waals surface area contributed by atoms with Crippen molar-refractivity contribution < 1.29 is 9.47 Å². The van der Waals surface area contributed by atoms with Crippen LogP contribution in [0, 0.1) is 0 Å². The molecule has 0 aliphatic heterocycles. The van der Waals surface area contributed by atoms with Gasteiger partial charge in [-0.2, -0.15) is 0 Å². The van der Waals surface area contributed by atoms with Crippen LogP contribution in [-0.4, -0.2) is 32.5 Å². The fourth-order valence-electron chi connectivity index (χ4n) is 2.58. The van der Waals surface area contributed by atoms with E-state index in [0.29, 0.717) is 19.3 Å². The first-order chi connectivity index (χ1) is 8.86. The first-order valence-electron chi connectivity index (χ1n) is 6.87. The Morgan fingerprint density at radius 3 is 2.83 bits per heavy atom. The number of ether oxygens (including phenoxy) is 2. The molecule has 0 saturated heterocycles. The molecule has 2 rings (SSSR count). The van der Waals surface area contributed by atoms with Gasteiger partial charge in [0, 0.05) is 13.0 Å². The van der Waals surface area contributed by atoms with E-state index in [1.165, 1.54) is 11.1 Å². The summed E-state index contributed by atoms with van der Waals surface area (Å²) in [7, 11) is 0. The van der Waals surface area contributed by atoms with Gasteiger partial charge in [-0.25, -0.2) is 0 Å². The highest BCUT2D eigenvalue weighted by Gasteiger charge is 2.31. The molecule has 1 aliphatic carbocycles. The fourth-order valence-corrected chi connectivity index (χ4v) is 2.58. The second-order valence-electron chi connectivity index (χ2n) is 4.54. The molecule has 1 aromatic rings. The first-order valence-corrected chi connectivity index (χ1v) is 6.87. The molecule has 1 aromatic carbocycles. The van der Waals surface area contributed by atoms with Crippen molar-refractivity contribution in [3.63, 3.8) is 0 Å². The smallest absolute Gasteiger partial charge is 0.0811 e. The van der Waals surface area contributed by atoms with Gasteiger partial charge in [0.15, 0.2) is 0 Å². The Labute approximate surface area is 109 Å². The number of fused-ring (bicyclic) bond motifs is 1. The molecule has 3 heteroatoms. The zero-order valence-electron chi connectivity index (χ0n) is 11.3. The summed E-state index contributed by atoms with van der Waals surface area (Å²) in [5.74, 6) is 0. The molecule has 0 fully saturated rings. The van der Waals surface area contributed by atoms with Crippen molar-refractivity contribution in [2.45, 2.75) is 32.4 Å². The van der Waals surface area contributed by atoms with Gasteiger partial charge in [-0.05, 0) is 24.6 Å². The molecule has 0 bridgehead atoms. The zero-order valence-corrected chi connectivity index (χ0v) is 11.3. The molecule has 0 heterocycles. The predicted octanol–water partition coefficient (Wildman–Crippen LogP) is 2.32. The lowest BCUT2D eigenvalue weighted by Crippen LogP contribution is -2.31. The first kappa shape index (κ1) is 13.5. The van der Waals surface area contributed by atoms with Crippen molar-refractivity contribution in [1.29, 1.82) is 0 Å². The molecule has 100 valence electrons. The van der Waals surface area contributed by atoms with Crippen LogP contribution < -0.4 is 5.32 Å². The number of rotatable bonds is 7. The number of nitrogens with one attached hydrogen (secondary N) is 1. The third-order valence-electron chi connectivity index (χ3n) is 3.37. The minimum absolute atomic E-state index is 0.239. The summed E-state index contributed by atoms with van der Waals surface area (Å²) >= 11 is 0. The van der Waals surface area contributed by atoms with Crippen LogP contribution in [0.5, 0.6) is 0 Å². The van der Waals surface area contributed by atoms with Crippen molar-refractivity contribution in [2.75, 3.05) is 26.4 Å². The average molecular weight is 249 g/mol. The Balaban J connectivity index is 1.95. The van der Waals surface area contributed by atoms with Crippen LogP contribution in [0.3, 0.4) is 0 Å². The summed E-state index contributed by atoms with van der Waals surface area (Å²) in [5.41, 5.74) is 2.80. The maximum atomic E-state index is 5.97. The van der Waals surface area contributed by atoms with Crippen molar-refractivity contribution >= 4 is 0 Å². The molecule has 18 heavy (non-hydrogen) atoms. The maximum Gasteiger partial charge on any atom is 0.0811 e. The van der Waals surface area contributed by atoms with E-state index in [0.717, 1.165) is 19.6 Å². The van der Waals surface area contributed by atoms with E-state index in [2.05, 4.69) is 36.5 Å². The molecule has 0 spiro atoms. The molecule has 1 N–H and O–H groups in total. The van der Waals surface area contributed by atoms with Crippen molar-refractivity contribution in [1.82, 2.24) is 5.32 Å². The molecule has 3 nitrogen and oxygen atoms in total. The molecule has 1 aliphatic rings. The quantitative estimate of drug-likeness (QED) is 0.752. The Morgan fingerprint density at radius 1 is 1.22 bits per heavy atom. The summed E-state index contributed by atoms with van der Waals surface area (Å²) in [6, 6.07) is 8.93. The highest BCUT2D eigenvalue weighted by atomic mass is 16.5. The van der Waals surface area contributed by atoms with Gasteiger partial charge in [0.2, 0.25) is 0 Å². The highest BCUT2D eigenvalue weighted by molar-refractivity contribution is 5.36. The second kappa shape index (κ2) is 6.88. The van der Waals surface area contributed by atoms with Gasteiger partial charge in [-0.15, -0.1) is 0 Å². The van der Waals surface area contributed by atoms with Crippen LogP contribution >= 0.6 is 0 Å². The van der Waals surface area contributed by atoms with Crippen LogP contribution in [-0.2, 0) is 15.9 Å². The van der Waals surface area contributed by atoms with Crippen LogP contribution in [0.4, 0.5) is 0 Å². The SMILES string of the molecule is CCNC1c2ccccc2CC1OCCOCC. The van der Waals surface area contributed by atoms with Gasteiger partial charge in [0.1, 0.15) is 0 Å². The molecule has 2 atom stereocenters. The molecular formula is C15H23NO2. The summed E-state index contributed by atoms with van der Waals surface area (Å²) in [4.78, 5) is 0. The lowest BCUT2D eigenvalue weighted by Gasteiger charge is -2.21. The summed E-state index contributed by atoms with van der Waals surface area (Å²) in [6.45, 7) is 7.22. The third kappa shape index (κ3) is 3.10. The van der Waals surface area contributed by atoms with Crippen molar-refractivity contribution in [3.8, 4) is 0 Å². The highest BCUT2D eigenvalue weighted by Crippen LogP contribution is 2.33. The summed E-state index contributed by atoms with van der Waals surface area (Å²) in [6.07, 6.45) is 1.24. The molecule has 0 amide bonds. The predicted molar refractivity (Wildman–Crippen MR) is 72.8 cm³/mol. The lowest BCUT2D eigenvalue weighted by molar-refractivity contribution is -0.00366. The Hall–Kier alpha value is -0.900. The van der Waals surface area contributed by atoms with Crippen LogP contribution in [0.15, 0.2) is 24.3 Å². The van der Waals surface area contributed by atoms with Crippen LogP contribution in [0.1, 0.15) is 31.0 Å². The standard InChI is InChI=1S/C15H23NO2/c1-3-16-15-13-8-6-5-7-12(13)11-14(15)18-10-9-17-4-2/h5-8,14-16H,3-4,9-11H2,1-2H3. The van der Waals surface area contributed by atoms with E-state index in [9.17, 15) is 0 Å². The zero-order chi connectivity index (χ0) is 12.8. The largest absolute Gasteiger partial charge is 0.379 e. The van der Waals surface area contributed by atoms with Gasteiger partial charge >= 0.3 is 0 Å². The third-order valence-corrected chi connectivity index (χ3v) is 3.37. The maximum absolute atomic E-state index is 5.97. The number of likely N-dealkylation sites (N-methyl/N-ethyl adjacent to an activating group) is 1. The van der Waals surface area contributed by atoms with Gasteiger partial charge in [-0.3, -0.25) is 0 Å². The summed E-state index contributed by atoms with van der Waals surface area (Å²) < 4.78 is 11.3. The Bertz CT molecular complexity index is 367. The number of hydrogen-bond donors (Lipinski definition) is 1.